The fraction of sp³-hybridized carbons (Fsp3) is 0.133. The Morgan fingerprint density at radius 3 is 2.50 bits per heavy atom. The standard InChI is InChI=1S/C15H13F2NO5S/c1-23-11-5-6-13(12(8-11)14(16)17)24(21,22)18-10-4-2-3-9(7-10)15(19)20/h2-8,14,18H,1H3,(H,19,20). The van der Waals surface area contributed by atoms with Gasteiger partial charge < -0.3 is 9.84 Å². The van der Waals surface area contributed by atoms with Crippen LogP contribution in [0, 0.1) is 0 Å². The molecule has 0 aromatic heterocycles. The highest BCUT2D eigenvalue weighted by Gasteiger charge is 2.24. The zero-order valence-corrected chi connectivity index (χ0v) is 13.2. The third-order valence-corrected chi connectivity index (χ3v) is 4.56. The number of rotatable bonds is 6. The first kappa shape index (κ1) is 17.7. The van der Waals surface area contributed by atoms with Crippen molar-refractivity contribution in [2.45, 2.75) is 11.3 Å². The van der Waals surface area contributed by atoms with E-state index in [0.717, 1.165) is 18.2 Å². The van der Waals surface area contributed by atoms with Gasteiger partial charge in [-0.1, -0.05) is 6.07 Å². The molecule has 6 nitrogen and oxygen atoms in total. The zero-order valence-electron chi connectivity index (χ0n) is 12.4. The van der Waals surface area contributed by atoms with E-state index < -0.39 is 32.9 Å². The molecule has 2 aromatic carbocycles. The second-order valence-electron chi connectivity index (χ2n) is 4.70. The van der Waals surface area contributed by atoms with Gasteiger partial charge in [-0.2, -0.15) is 0 Å². The van der Waals surface area contributed by atoms with Gasteiger partial charge in [0.2, 0.25) is 0 Å². The number of sulfonamides is 1. The summed E-state index contributed by atoms with van der Waals surface area (Å²) in [6, 6.07) is 8.20. The van der Waals surface area contributed by atoms with Gasteiger partial charge in [0.05, 0.1) is 17.6 Å². The topological polar surface area (TPSA) is 92.7 Å². The van der Waals surface area contributed by atoms with Crippen molar-refractivity contribution in [3.05, 3.63) is 53.6 Å². The molecule has 0 fully saturated rings. The minimum atomic E-state index is -4.33. The number of halogens is 2. The molecule has 0 saturated heterocycles. The maximum atomic E-state index is 13.2. The minimum absolute atomic E-state index is 0.0501. The zero-order chi connectivity index (χ0) is 17.9. The lowest BCUT2D eigenvalue weighted by molar-refractivity contribution is 0.0697. The molecule has 0 aliphatic heterocycles. The Labute approximate surface area is 136 Å². The van der Waals surface area contributed by atoms with Gasteiger partial charge in [0.1, 0.15) is 5.75 Å². The Kier molecular flexibility index (Phi) is 5.03. The molecule has 0 spiro atoms. The number of benzene rings is 2. The van der Waals surface area contributed by atoms with Crippen LogP contribution in [-0.2, 0) is 10.0 Å². The van der Waals surface area contributed by atoms with Crippen molar-refractivity contribution in [1.82, 2.24) is 0 Å². The van der Waals surface area contributed by atoms with Crippen molar-refractivity contribution < 1.29 is 31.8 Å². The quantitative estimate of drug-likeness (QED) is 0.829. The summed E-state index contributed by atoms with van der Waals surface area (Å²) in [5.74, 6) is -1.15. The molecular formula is C15H13F2NO5S. The molecule has 0 radical (unpaired) electrons. The fourth-order valence-electron chi connectivity index (χ4n) is 1.99. The van der Waals surface area contributed by atoms with Gasteiger partial charge in [-0.25, -0.2) is 22.0 Å². The molecule has 24 heavy (non-hydrogen) atoms. The van der Waals surface area contributed by atoms with E-state index in [1.165, 1.54) is 31.4 Å². The lowest BCUT2D eigenvalue weighted by atomic mass is 10.2. The van der Waals surface area contributed by atoms with Crippen LogP contribution in [0.4, 0.5) is 14.5 Å². The largest absolute Gasteiger partial charge is 0.497 e. The summed E-state index contributed by atoms with van der Waals surface area (Å²) < 4.78 is 58.0. The number of anilines is 1. The number of hydrogen-bond donors (Lipinski definition) is 2. The lowest BCUT2D eigenvalue weighted by Crippen LogP contribution is -2.15. The number of carboxylic acids is 1. The van der Waals surface area contributed by atoms with Gasteiger partial charge in [-0.3, -0.25) is 4.72 Å². The highest BCUT2D eigenvalue weighted by molar-refractivity contribution is 7.92. The normalized spacial score (nSPS) is 11.3. The third kappa shape index (κ3) is 3.80. The summed E-state index contributed by atoms with van der Waals surface area (Å²) in [4.78, 5) is 10.3. The molecule has 2 N–H and O–H groups in total. The van der Waals surface area contributed by atoms with Crippen LogP contribution < -0.4 is 9.46 Å². The molecule has 0 amide bonds. The number of aromatic carboxylic acids is 1. The Morgan fingerprint density at radius 2 is 1.92 bits per heavy atom. The van der Waals surface area contributed by atoms with E-state index in [2.05, 4.69) is 4.72 Å². The van der Waals surface area contributed by atoms with Gasteiger partial charge in [-0.05, 0) is 36.4 Å². The Balaban J connectivity index is 2.44. The van der Waals surface area contributed by atoms with E-state index in [9.17, 15) is 22.0 Å². The molecule has 0 saturated carbocycles. The van der Waals surface area contributed by atoms with E-state index in [0.29, 0.717) is 0 Å². The molecule has 0 aliphatic carbocycles. The number of alkyl halides is 2. The molecule has 0 atom stereocenters. The lowest BCUT2D eigenvalue weighted by Gasteiger charge is -2.13. The summed E-state index contributed by atoms with van der Waals surface area (Å²) in [6.07, 6.45) is -3.03. The first-order valence-electron chi connectivity index (χ1n) is 6.57. The molecular weight excluding hydrogens is 344 g/mol. The van der Waals surface area contributed by atoms with E-state index in [1.807, 2.05) is 0 Å². The van der Waals surface area contributed by atoms with Crippen LogP contribution in [0.1, 0.15) is 22.3 Å². The van der Waals surface area contributed by atoms with Gasteiger partial charge in [0, 0.05) is 11.3 Å². The summed E-state index contributed by atoms with van der Waals surface area (Å²) in [6.45, 7) is 0. The van der Waals surface area contributed by atoms with Crippen molar-refractivity contribution in [2.24, 2.45) is 0 Å². The predicted molar refractivity (Wildman–Crippen MR) is 82.2 cm³/mol. The fourth-order valence-corrected chi connectivity index (χ4v) is 3.25. The molecule has 0 heterocycles. The average Bonchev–Trinajstić information content (AvgIpc) is 2.53. The molecule has 2 aromatic rings. The van der Waals surface area contributed by atoms with Crippen molar-refractivity contribution in [3.63, 3.8) is 0 Å². The highest BCUT2D eigenvalue weighted by Crippen LogP contribution is 2.31. The number of hydrogen-bond acceptors (Lipinski definition) is 4. The smallest absolute Gasteiger partial charge is 0.335 e. The minimum Gasteiger partial charge on any atom is -0.497 e. The van der Waals surface area contributed by atoms with Crippen LogP contribution in [0.2, 0.25) is 0 Å². The van der Waals surface area contributed by atoms with Crippen LogP contribution in [0.15, 0.2) is 47.4 Å². The van der Waals surface area contributed by atoms with Gasteiger partial charge >= 0.3 is 5.97 Å². The molecule has 0 aliphatic rings. The van der Waals surface area contributed by atoms with Crippen molar-refractivity contribution >= 4 is 21.7 Å². The second kappa shape index (κ2) is 6.83. The van der Waals surface area contributed by atoms with Crippen molar-refractivity contribution in [1.29, 1.82) is 0 Å². The van der Waals surface area contributed by atoms with Crippen LogP contribution in [0.5, 0.6) is 5.75 Å². The number of methoxy groups -OCH3 is 1. The maximum absolute atomic E-state index is 13.2. The maximum Gasteiger partial charge on any atom is 0.335 e. The summed E-state index contributed by atoms with van der Waals surface area (Å²) >= 11 is 0. The van der Waals surface area contributed by atoms with E-state index >= 15 is 0 Å². The second-order valence-corrected chi connectivity index (χ2v) is 6.35. The van der Waals surface area contributed by atoms with Gasteiger partial charge in [0.25, 0.3) is 16.4 Å². The van der Waals surface area contributed by atoms with Crippen LogP contribution in [0.3, 0.4) is 0 Å². The molecule has 0 unspecified atom stereocenters. The highest BCUT2D eigenvalue weighted by atomic mass is 32.2. The van der Waals surface area contributed by atoms with E-state index in [-0.39, 0.29) is 17.0 Å². The van der Waals surface area contributed by atoms with Gasteiger partial charge in [0.15, 0.2) is 0 Å². The van der Waals surface area contributed by atoms with E-state index in [1.54, 1.807) is 0 Å². The molecule has 2 rings (SSSR count). The Bertz CT molecular complexity index is 868. The summed E-state index contributed by atoms with van der Waals surface area (Å²) in [7, 11) is -3.06. The molecule has 9 heteroatoms. The Morgan fingerprint density at radius 1 is 1.21 bits per heavy atom. The van der Waals surface area contributed by atoms with Crippen LogP contribution >= 0.6 is 0 Å². The molecule has 128 valence electrons. The van der Waals surface area contributed by atoms with Crippen LogP contribution in [0.25, 0.3) is 0 Å². The SMILES string of the molecule is COc1ccc(S(=O)(=O)Nc2cccc(C(=O)O)c2)c(C(F)F)c1. The number of ether oxygens (including phenoxy) is 1. The third-order valence-electron chi connectivity index (χ3n) is 3.10. The van der Waals surface area contributed by atoms with Gasteiger partial charge in [-0.15, -0.1) is 0 Å². The summed E-state index contributed by atoms with van der Waals surface area (Å²) in [5, 5.41) is 8.91. The monoisotopic (exact) mass is 357 g/mol. The average molecular weight is 357 g/mol. The summed E-state index contributed by atoms with van der Waals surface area (Å²) in [5.41, 5.74) is -0.902. The predicted octanol–water partition coefficient (Wildman–Crippen LogP) is 3.13. The number of carboxylic acid groups (broad SMARTS) is 1. The van der Waals surface area contributed by atoms with E-state index in [4.69, 9.17) is 9.84 Å². The number of carbonyl (C=O) groups is 1. The van der Waals surface area contributed by atoms with Crippen molar-refractivity contribution in [2.75, 3.05) is 11.8 Å². The first-order chi connectivity index (χ1) is 11.2. The first-order valence-corrected chi connectivity index (χ1v) is 8.05. The molecule has 0 bridgehead atoms. The van der Waals surface area contributed by atoms with Crippen LogP contribution in [-0.4, -0.2) is 26.6 Å². The number of nitrogens with one attached hydrogen (secondary N) is 1. The Hall–Kier alpha value is -2.68. The van der Waals surface area contributed by atoms with Crippen molar-refractivity contribution in [3.8, 4) is 5.75 Å².